The second-order valence-electron chi connectivity index (χ2n) is 8.16. The summed E-state index contributed by atoms with van der Waals surface area (Å²) < 4.78 is 2.19. The highest BCUT2D eigenvalue weighted by Gasteiger charge is 2.27. The summed E-state index contributed by atoms with van der Waals surface area (Å²) in [6.07, 6.45) is 8.93. The Hall–Kier alpha value is -1.92. The summed E-state index contributed by atoms with van der Waals surface area (Å²) in [6.45, 7) is 8.92. The number of hydrogen-bond acceptors (Lipinski definition) is 4. The van der Waals surface area contributed by atoms with Crippen molar-refractivity contribution in [2.75, 3.05) is 26.2 Å². The molecule has 1 saturated heterocycles. The van der Waals surface area contributed by atoms with Crippen molar-refractivity contribution in [3.05, 3.63) is 35.8 Å². The molecule has 27 heavy (non-hydrogen) atoms. The van der Waals surface area contributed by atoms with Gasteiger partial charge in [0, 0.05) is 45.0 Å². The molecule has 6 nitrogen and oxygen atoms in total. The molecule has 0 aromatic carbocycles. The predicted molar refractivity (Wildman–Crippen MR) is 107 cm³/mol. The van der Waals surface area contributed by atoms with Gasteiger partial charge in [-0.2, -0.15) is 0 Å². The lowest BCUT2D eigenvalue weighted by Crippen LogP contribution is -2.54. The van der Waals surface area contributed by atoms with Crippen LogP contribution in [0.2, 0.25) is 0 Å². The van der Waals surface area contributed by atoms with Gasteiger partial charge in [-0.15, -0.1) is 0 Å². The minimum atomic E-state index is -0.0359. The Morgan fingerprint density at radius 1 is 1.22 bits per heavy atom. The first-order valence-electron chi connectivity index (χ1n) is 10.3. The van der Waals surface area contributed by atoms with Crippen molar-refractivity contribution in [1.82, 2.24) is 24.5 Å². The molecular weight excluding hydrogens is 338 g/mol. The van der Waals surface area contributed by atoms with Gasteiger partial charge in [0.15, 0.2) is 0 Å². The number of imidazole rings is 1. The van der Waals surface area contributed by atoms with Crippen LogP contribution in [-0.4, -0.2) is 63.4 Å². The lowest BCUT2D eigenvalue weighted by Gasteiger charge is -2.37. The van der Waals surface area contributed by atoms with E-state index in [2.05, 4.69) is 49.8 Å². The van der Waals surface area contributed by atoms with Crippen LogP contribution in [0.1, 0.15) is 43.9 Å². The van der Waals surface area contributed by atoms with Gasteiger partial charge in [0.25, 0.3) is 0 Å². The summed E-state index contributed by atoms with van der Waals surface area (Å²) in [5, 5.41) is 3.24. The fourth-order valence-electron chi connectivity index (χ4n) is 4.35. The maximum absolute atomic E-state index is 12.5. The highest BCUT2D eigenvalue weighted by molar-refractivity contribution is 5.81. The first-order chi connectivity index (χ1) is 13.1. The van der Waals surface area contributed by atoms with E-state index in [9.17, 15) is 4.79 Å². The Labute approximate surface area is 161 Å². The molecule has 2 fully saturated rings. The Bertz CT molecular complexity index is 787. The molecule has 1 atom stereocenters. The molecule has 146 valence electrons. The quantitative estimate of drug-likeness (QED) is 0.878. The van der Waals surface area contributed by atoms with Crippen molar-refractivity contribution in [2.24, 2.45) is 0 Å². The Kier molecular flexibility index (Phi) is 5.45. The van der Waals surface area contributed by atoms with E-state index in [0.717, 1.165) is 51.2 Å². The van der Waals surface area contributed by atoms with E-state index >= 15 is 0 Å². The van der Waals surface area contributed by atoms with E-state index in [1.54, 1.807) is 0 Å². The van der Waals surface area contributed by atoms with Crippen LogP contribution in [0.15, 0.2) is 24.5 Å². The van der Waals surface area contributed by atoms with Crippen molar-refractivity contribution in [1.29, 1.82) is 0 Å². The number of pyridine rings is 1. The van der Waals surface area contributed by atoms with Gasteiger partial charge >= 0.3 is 0 Å². The number of rotatable bonds is 5. The number of aromatic nitrogens is 2. The molecular formula is C21H31N5O. The predicted octanol–water partition coefficient (Wildman–Crippen LogP) is 2.21. The van der Waals surface area contributed by atoms with Crippen molar-refractivity contribution in [2.45, 2.75) is 58.2 Å². The van der Waals surface area contributed by atoms with Crippen molar-refractivity contribution in [3.63, 3.8) is 0 Å². The SMILES string of the molecule is Cc1ccc2ncc(CN3CCN(C(C)C(=O)NC4CCCC4)CC3)n2c1. The molecule has 1 N–H and O–H groups in total. The number of amides is 1. The normalized spacial score (nSPS) is 21.0. The summed E-state index contributed by atoms with van der Waals surface area (Å²) in [5.41, 5.74) is 3.48. The number of nitrogens with one attached hydrogen (secondary N) is 1. The van der Waals surface area contributed by atoms with Gasteiger partial charge in [0.2, 0.25) is 5.91 Å². The summed E-state index contributed by atoms with van der Waals surface area (Å²) in [7, 11) is 0. The summed E-state index contributed by atoms with van der Waals surface area (Å²) >= 11 is 0. The minimum absolute atomic E-state index is 0.0359. The van der Waals surface area contributed by atoms with Gasteiger partial charge in [0.1, 0.15) is 5.65 Å². The minimum Gasteiger partial charge on any atom is -0.352 e. The zero-order valence-electron chi connectivity index (χ0n) is 16.5. The van der Waals surface area contributed by atoms with Crippen LogP contribution in [0.4, 0.5) is 0 Å². The maximum Gasteiger partial charge on any atom is 0.237 e. The van der Waals surface area contributed by atoms with Crippen LogP contribution >= 0.6 is 0 Å². The Morgan fingerprint density at radius 3 is 2.70 bits per heavy atom. The Balaban J connectivity index is 1.30. The fraction of sp³-hybridized carbons (Fsp3) is 0.619. The van der Waals surface area contributed by atoms with Gasteiger partial charge in [-0.05, 0) is 38.3 Å². The van der Waals surface area contributed by atoms with Crippen LogP contribution in [0.3, 0.4) is 0 Å². The number of aryl methyl sites for hydroxylation is 1. The van der Waals surface area contributed by atoms with Gasteiger partial charge in [-0.3, -0.25) is 14.6 Å². The molecule has 1 unspecified atom stereocenters. The summed E-state index contributed by atoms with van der Waals surface area (Å²) in [5.74, 6) is 0.201. The third kappa shape index (κ3) is 4.17. The fourth-order valence-corrected chi connectivity index (χ4v) is 4.35. The highest BCUT2D eigenvalue weighted by atomic mass is 16.2. The van der Waals surface area contributed by atoms with Crippen LogP contribution < -0.4 is 5.32 Å². The van der Waals surface area contributed by atoms with E-state index in [1.165, 1.54) is 24.1 Å². The molecule has 0 bridgehead atoms. The molecule has 4 rings (SSSR count). The van der Waals surface area contributed by atoms with Crippen LogP contribution in [0.25, 0.3) is 5.65 Å². The van der Waals surface area contributed by atoms with E-state index in [4.69, 9.17) is 0 Å². The molecule has 6 heteroatoms. The second kappa shape index (κ2) is 7.98. The first kappa shape index (κ1) is 18.4. The third-order valence-corrected chi connectivity index (χ3v) is 6.15. The molecule has 0 radical (unpaired) electrons. The lowest BCUT2D eigenvalue weighted by molar-refractivity contribution is -0.127. The number of piperazine rings is 1. The van der Waals surface area contributed by atoms with Crippen LogP contribution in [0.5, 0.6) is 0 Å². The topological polar surface area (TPSA) is 52.9 Å². The first-order valence-corrected chi connectivity index (χ1v) is 10.3. The monoisotopic (exact) mass is 369 g/mol. The number of fused-ring (bicyclic) bond motifs is 1. The third-order valence-electron chi connectivity index (χ3n) is 6.15. The van der Waals surface area contributed by atoms with Crippen LogP contribution in [0, 0.1) is 6.92 Å². The number of nitrogens with zero attached hydrogens (tertiary/aromatic N) is 4. The van der Waals surface area contributed by atoms with E-state index in [-0.39, 0.29) is 11.9 Å². The zero-order chi connectivity index (χ0) is 18.8. The number of hydrogen-bond donors (Lipinski definition) is 1. The summed E-state index contributed by atoms with van der Waals surface area (Å²) in [6, 6.07) is 4.54. The summed E-state index contributed by atoms with van der Waals surface area (Å²) in [4.78, 5) is 21.8. The molecule has 2 aromatic heterocycles. The molecule has 2 aliphatic rings. The van der Waals surface area contributed by atoms with E-state index < -0.39 is 0 Å². The zero-order valence-corrected chi connectivity index (χ0v) is 16.5. The van der Waals surface area contributed by atoms with Crippen molar-refractivity contribution in [3.8, 4) is 0 Å². The van der Waals surface area contributed by atoms with Gasteiger partial charge in [-0.25, -0.2) is 4.98 Å². The van der Waals surface area contributed by atoms with Crippen LogP contribution in [-0.2, 0) is 11.3 Å². The highest BCUT2D eigenvalue weighted by Crippen LogP contribution is 2.18. The van der Waals surface area contributed by atoms with Crippen molar-refractivity contribution < 1.29 is 4.79 Å². The average Bonchev–Trinajstić information content (AvgIpc) is 3.32. The molecule has 1 saturated carbocycles. The van der Waals surface area contributed by atoms with Crippen molar-refractivity contribution >= 4 is 11.6 Å². The molecule has 3 heterocycles. The molecule has 1 aliphatic heterocycles. The smallest absolute Gasteiger partial charge is 0.237 e. The van der Waals surface area contributed by atoms with Gasteiger partial charge < -0.3 is 9.72 Å². The van der Waals surface area contributed by atoms with E-state index in [1.807, 2.05) is 13.1 Å². The van der Waals surface area contributed by atoms with Gasteiger partial charge in [-0.1, -0.05) is 18.9 Å². The molecule has 1 aliphatic carbocycles. The molecule has 1 amide bonds. The number of carbonyl (C=O) groups excluding carboxylic acids is 1. The molecule has 2 aromatic rings. The second-order valence-corrected chi connectivity index (χ2v) is 8.16. The average molecular weight is 370 g/mol. The number of carbonyl (C=O) groups is 1. The van der Waals surface area contributed by atoms with E-state index in [0.29, 0.717) is 6.04 Å². The van der Waals surface area contributed by atoms with Gasteiger partial charge in [0.05, 0.1) is 17.9 Å². The largest absolute Gasteiger partial charge is 0.352 e. The molecule has 0 spiro atoms. The lowest BCUT2D eigenvalue weighted by atomic mass is 10.2. The standard InChI is InChI=1S/C21H31N5O/c1-16-7-8-20-22-13-19(26(20)14-16)15-24-9-11-25(12-10-24)17(2)21(27)23-18-5-3-4-6-18/h7-8,13-14,17-18H,3-6,9-12,15H2,1-2H3,(H,23,27). The maximum atomic E-state index is 12.5. The Morgan fingerprint density at radius 2 is 1.96 bits per heavy atom.